The summed E-state index contributed by atoms with van der Waals surface area (Å²) in [6.07, 6.45) is 0.183. The van der Waals surface area contributed by atoms with Gasteiger partial charge in [0, 0.05) is 5.88 Å². The molecule has 0 bridgehead atoms. The van der Waals surface area contributed by atoms with Crippen molar-refractivity contribution in [2.45, 2.75) is 6.42 Å². The second-order valence-electron chi connectivity index (χ2n) is 1.63. The lowest BCUT2D eigenvalue weighted by atomic mass is 10.5. The van der Waals surface area contributed by atoms with Gasteiger partial charge in [-0.3, -0.25) is 9.59 Å². The van der Waals surface area contributed by atoms with E-state index in [2.05, 4.69) is 9.47 Å². The average Bonchev–Trinajstić information content (AvgIpc) is 1.99. The van der Waals surface area contributed by atoms with Crippen LogP contribution in [-0.4, -0.2) is 31.5 Å². The van der Waals surface area contributed by atoms with E-state index in [0.29, 0.717) is 6.47 Å². The Hall–Kier alpha value is -0.770. The fourth-order valence-corrected chi connectivity index (χ4v) is 0.555. The van der Waals surface area contributed by atoms with Crippen molar-refractivity contribution in [3.8, 4) is 0 Å². The van der Waals surface area contributed by atoms with Crippen LogP contribution in [0.1, 0.15) is 6.42 Å². The number of hydrogen-bond donors (Lipinski definition) is 0. The highest BCUT2D eigenvalue weighted by atomic mass is 35.5. The van der Waals surface area contributed by atoms with Crippen molar-refractivity contribution in [3.05, 3.63) is 0 Å². The molecule has 0 saturated heterocycles. The molecule has 0 saturated carbocycles. The molecule has 0 N–H and O–H groups in total. The Morgan fingerprint density at radius 2 is 2.18 bits per heavy atom. The zero-order chi connectivity index (χ0) is 8.53. The lowest BCUT2D eigenvalue weighted by molar-refractivity contribution is -0.146. The number of halogens is 1. The molecule has 0 atom stereocenters. The highest BCUT2D eigenvalue weighted by molar-refractivity contribution is 6.18. The van der Waals surface area contributed by atoms with Gasteiger partial charge in [0.15, 0.2) is 0 Å². The Kier molecular flexibility index (Phi) is 6.82. The molecular formula is C6H9ClO4. The van der Waals surface area contributed by atoms with Crippen LogP contribution in [0.2, 0.25) is 0 Å². The van der Waals surface area contributed by atoms with Crippen LogP contribution in [0.25, 0.3) is 0 Å². The standard InChI is InChI=1S/C6H9ClO4/c7-2-1-6(9)11-4-3-10-5-8/h5H,1-4H2. The molecule has 0 aromatic carbocycles. The van der Waals surface area contributed by atoms with Crippen molar-refractivity contribution in [2.75, 3.05) is 19.1 Å². The number of carbonyl (C=O) groups excluding carboxylic acids is 2. The number of ether oxygens (including phenoxy) is 2. The maximum absolute atomic E-state index is 10.6. The fraction of sp³-hybridized carbons (Fsp3) is 0.667. The second-order valence-corrected chi connectivity index (χ2v) is 2.00. The maximum Gasteiger partial charge on any atom is 0.307 e. The zero-order valence-corrected chi connectivity index (χ0v) is 6.67. The Labute approximate surface area is 69.4 Å². The van der Waals surface area contributed by atoms with E-state index in [-0.39, 0.29) is 31.5 Å². The first-order valence-corrected chi connectivity index (χ1v) is 3.61. The minimum Gasteiger partial charge on any atom is -0.464 e. The monoisotopic (exact) mass is 180 g/mol. The molecule has 5 heteroatoms. The third-order valence-electron chi connectivity index (χ3n) is 0.831. The molecule has 0 rings (SSSR count). The van der Waals surface area contributed by atoms with Gasteiger partial charge in [0.2, 0.25) is 0 Å². The molecule has 0 radical (unpaired) electrons. The average molecular weight is 181 g/mol. The first-order chi connectivity index (χ1) is 5.31. The van der Waals surface area contributed by atoms with E-state index in [4.69, 9.17) is 11.6 Å². The van der Waals surface area contributed by atoms with Crippen LogP contribution >= 0.6 is 11.6 Å². The van der Waals surface area contributed by atoms with Crippen molar-refractivity contribution >= 4 is 24.0 Å². The van der Waals surface area contributed by atoms with Gasteiger partial charge in [-0.25, -0.2) is 0 Å². The van der Waals surface area contributed by atoms with E-state index in [1.807, 2.05) is 0 Å². The van der Waals surface area contributed by atoms with Gasteiger partial charge < -0.3 is 9.47 Å². The lowest BCUT2D eigenvalue weighted by Crippen LogP contribution is -2.10. The van der Waals surface area contributed by atoms with Gasteiger partial charge in [0.05, 0.1) is 6.42 Å². The highest BCUT2D eigenvalue weighted by Gasteiger charge is 1.99. The summed E-state index contributed by atoms with van der Waals surface area (Å²) >= 11 is 5.25. The Bertz CT molecular complexity index is 126. The van der Waals surface area contributed by atoms with Crippen LogP contribution in [-0.2, 0) is 19.1 Å². The van der Waals surface area contributed by atoms with E-state index in [1.54, 1.807) is 0 Å². The third-order valence-corrected chi connectivity index (χ3v) is 1.02. The molecule has 0 amide bonds. The number of alkyl halides is 1. The van der Waals surface area contributed by atoms with Gasteiger partial charge >= 0.3 is 5.97 Å². The Morgan fingerprint density at radius 3 is 2.73 bits per heavy atom. The first kappa shape index (κ1) is 10.2. The molecule has 0 aromatic heterocycles. The molecule has 0 fully saturated rings. The summed E-state index contributed by atoms with van der Waals surface area (Å²) in [5.74, 6) is -0.137. The summed E-state index contributed by atoms with van der Waals surface area (Å²) in [5, 5.41) is 0. The fourth-order valence-electron chi connectivity index (χ4n) is 0.401. The summed E-state index contributed by atoms with van der Waals surface area (Å²) in [6, 6.07) is 0. The molecule has 64 valence electrons. The van der Waals surface area contributed by atoms with Gasteiger partial charge in [-0.1, -0.05) is 0 Å². The summed E-state index contributed by atoms with van der Waals surface area (Å²) in [4.78, 5) is 20.1. The van der Waals surface area contributed by atoms with Crippen LogP contribution in [0.15, 0.2) is 0 Å². The Morgan fingerprint density at radius 1 is 1.45 bits per heavy atom. The molecule has 0 aliphatic carbocycles. The van der Waals surface area contributed by atoms with Crippen LogP contribution in [0.5, 0.6) is 0 Å². The first-order valence-electron chi connectivity index (χ1n) is 3.08. The predicted octanol–water partition coefficient (Wildman–Crippen LogP) is 0.331. The summed E-state index contributed by atoms with van der Waals surface area (Å²) < 4.78 is 8.85. The molecule has 0 spiro atoms. The summed E-state index contributed by atoms with van der Waals surface area (Å²) in [5.41, 5.74) is 0. The molecule has 4 nitrogen and oxygen atoms in total. The van der Waals surface area contributed by atoms with E-state index in [1.165, 1.54) is 0 Å². The largest absolute Gasteiger partial charge is 0.464 e. The van der Waals surface area contributed by atoms with Crippen molar-refractivity contribution in [1.29, 1.82) is 0 Å². The molecule has 0 aliphatic heterocycles. The molecule has 0 aliphatic rings. The van der Waals surface area contributed by atoms with E-state index < -0.39 is 0 Å². The predicted molar refractivity (Wildman–Crippen MR) is 38.3 cm³/mol. The van der Waals surface area contributed by atoms with Crippen LogP contribution < -0.4 is 0 Å². The van der Waals surface area contributed by atoms with Crippen LogP contribution in [0.4, 0.5) is 0 Å². The minimum atomic E-state index is -0.380. The summed E-state index contributed by atoms with van der Waals surface area (Å²) in [7, 11) is 0. The molecule has 0 unspecified atom stereocenters. The van der Waals surface area contributed by atoms with Crippen LogP contribution in [0.3, 0.4) is 0 Å². The number of rotatable bonds is 6. The van der Waals surface area contributed by atoms with Crippen molar-refractivity contribution < 1.29 is 19.1 Å². The zero-order valence-electron chi connectivity index (χ0n) is 5.92. The van der Waals surface area contributed by atoms with Gasteiger partial charge in [-0.05, 0) is 0 Å². The smallest absolute Gasteiger partial charge is 0.307 e. The molecule has 11 heavy (non-hydrogen) atoms. The second kappa shape index (κ2) is 7.34. The van der Waals surface area contributed by atoms with Gasteiger partial charge in [-0.15, -0.1) is 11.6 Å². The summed E-state index contributed by atoms with van der Waals surface area (Å²) in [6.45, 7) is 0.487. The normalized spacial score (nSPS) is 8.82. The van der Waals surface area contributed by atoms with E-state index >= 15 is 0 Å². The van der Waals surface area contributed by atoms with Crippen molar-refractivity contribution in [3.63, 3.8) is 0 Å². The van der Waals surface area contributed by atoms with Crippen molar-refractivity contribution in [2.24, 2.45) is 0 Å². The molecule has 0 aromatic rings. The number of esters is 1. The van der Waals surface area contributed by atoms with Crippen LogP contribution in [0, 0.1) is 0 Å². The highest BCUT2D eigenvalue weighted by Crippen LogP contribution is 1.88. The van der Waals surface area contributed by atoms with E-state index in [9.17, 15) is 9.59 Å². The minimum absolute atomic E-state index is 0.0917. The lowest BCUT2D eigenvalue weighted by Gasteiger charge is -2.00. The topological polar surface area (TPSA) is 52.6 Å². The SMILES string of the molecule is O=COCCOC(=O)CCCl. The van der Waals surface area contributed by atoms with Gasteiger partial charge in [0.25, 0.3) is 6.47 Å². The molecule has 0 heterocycles. The third kappa shape index (κ3) is 7.12. The number of carbonyl (C=O) groups is 2. The quantitative estimate of drug-likeness (QED) is 0.256. The number of hydrogen-bond acceptors (Lipinski definition) is 4. The van der Waals surface area contributed by atoms with E-state index in [0.717, 1.165) is 0 Å². The Balaban J connectivity index is 3.10. The van der Waals surface area contributed by atoms with Crippen molar-refractivity contribution in [1.82, 2.24) is 0 Å². The van der Waals surface area contributed by atoms with Gasteiger partial charge in [0.1, 0.15) is 13.2 Å². The molecular weight excluding hydrogens is 172 g/mol. The maximum atomic E-state index is 10.6. The van der Waals surface area contributed by atoms with Gasteiger partial charge in [-0.2, -0.15) is 0 Å².